The lowest BCUT2D eigenvalue weighted by Gasteiger charge is -2.16. The molecule has 0 aliphatic carbocycles. The monoisotopic (exact) mass is 403 g/mol. The third-order valence-electron chi connectivity index (χ3n) is 5.02. The average Bonchev–Trinajstić information content (AvgIpc) is 3.50. The second-order valence-electron chi connectivity index (χ2n) is 7.11. The van der Waals surface area contributed by atoms with Crippen LogP contribution in [0.3, 0.4) is 0 Å². The number of ether oxygens (including phenoxy) is 1. The quantitative estimate of drug-likeness (QED) is 0.651. The number of benzene rings is 2. The molecule has 150 valence electrons. The Labute approximate surface area is 165 Å². The smallest absolute Gasteiger partial charge is 0.306 e. The molecule has 0 bridgehead atoms. The van der Waals surface area contributed by atoms with E-state index in [2.05, 4.69) is 0 Å². The molecule has 1 aliphatic rings. The van der Waals surface area contributed by atoms with Crippen LogP contribution >= 0.6 is 0 Å². The van der Waals surface area contributed by atoms with E-state index in [0.717, 1.165) is 16.7 Å². The summed E-state index contributed by atoms with van der Waals surface area (Å²) in [5.74, 6) is -1.18. The number of epoxide rings is 1. The van der Waals surface area contributed by atoms with Gasteiger partial charge in [-0.1, -0.05) is 43.3 Å². The number of carboxylic acids is 1. The molecule has 1 heterocycles. The van der Waals surface area contributed by atoms with Crippen molar-refractivity contribution in [2.75, 3.05) is 20.2 Å². The van der Waals surface area contributed by atoms with Crippen LogP contribution in [-0.4, -0.2) is 50.1 Å². The summed E-state index contributed by atoms with van der Waals surface area (Å²) in [6, 6.07) is 14.5. The van der Waals surface area contributed by atoms with Gasteiger partial charge in [-0.05, 0) is 41.7 Å². The molecule has 0 spiro atoms. The number of hydrogen-bond donors (Lipinski definition) is 1. The molecule has 1 fully saturated rings. The Morgan fingerprint density at radius 3 is 2.46 bits per heavy atom. The molecule has 0 saturated carbocycles. The van der Waals surface area contributed by atoms with Gasteiger partial charge in [-0.2, -0.15) is 4.31 Å². The van der Waals surface area contributed by atoms with Gasteiger partial charge in [0.05, 0.1) is 23.5 Å². The van der Waals surface area contributed by atoms with Crippen molar-refractivity contribution in [2.45, 2.75) is 30.8 Å². The summed E-state index contributed by atoms with van der Waals surface area (Å²) in [5, 5.41) is 9.21. The molecule has 1 aliphatic heterocycles. The highest BCUT2D eigenvalue weighted by molar-refractivity contribution is 7.89. The standard InChI is InChI=1S/C21H25NO5S/c1-3-16(21(23)24)11-15-7-9-17(10-8-15)18-5-4-6-20(12-18)28(25,26)22(2)13-19-14-27-19/h4-10,12,16,19H,3,11,13-14H2,1-2H3,(H,23,24)/t16-,19?/m0/s1. The normalized spacial score (nSPS) is 17.5. The minimum absolute atomic E-state index is 0.00625. The van der Waals surface area contributed by atoms with E-state index in [0.29, 0.717) is 26.0 Å². The fraction of sp³-hybridized carbons (Fsp3) is 0.381. The Balaban J connectivity index is 1.79. The first-order valence-corrected chi connectivity index (χ1v) is 10.8. The Bertz CT molecular complexity index is 936. The molecule has 0 radical (unpaired) electrons. The Morgan fingerprint density at radius 2 is 1.89 bits per heavy atom. The van der Waals surface area contributed by atoms with Crippen molar-refractivity contribution in [3.05, 3.63) is 54.1 Å². The second kappa shape index (κ2) is 8.43. The lowest BCUT2D eigenvalue weighted by Crippen LogP contribution is -2.30. The summed E-state index contributed by atoms with van der Waals surface area (Å²) in [7, 11) is -2.01. The minimum atomic E-state index is -3.57. The summed E-state index contributed by atoms with van der Waals surface area (Å²) in [4.78, 5) is 11.5. The Hall–Kier alpha value is -2.22. The maximum absolute atomic E-state index is 12.8. The van der Waals surface area contributed by atoms with Crippen LogP contribution in [0.1, 0.15) is 18.9 Å². The van der Waals surface area contributed by atoms with E-state index in [-0.39, 0.29) is 11.0 Å². The third-order valence-corrected chi connectivity index (χ3v) is 6.84. The van der Waals surface area contributed by atoms with E-state index < -0.39 is 21.9 Å². The van der Waals surface area contributed by atoms with Gasteiger partial charge in [0.25, 0.3) is 0 Å². The van der Waals surface area contributed by atoms with E-state index in [1.807, 2.05) is 37.3 Å². The number of nitrogens with zero attached hydrogens (tertiary/aromatic N) is 1. The first-order valence-electron chi connectivity index (χ1n) is 9.31. The van der Waals surface area contributed by atoms with Crippen LogP contribution in [0, 0.1) is 5.92 Å². The number of carbonyl (C=O) groups is 1. The predicted octanol–water partition coefficient (Wildman–Crippen LogP) is 3.03. The number of aliphatic carboxylic acids is 1. The Morgan fingerprint density at radius 1 is 1.21 bits per heavy atom. The van der Waals surface area contributed by atoms with Gasteiger partial charge in [-0.3, -0.25) is 4.79 Å². The highest BCUT2D eigenvalue weighted by Gasteiger charge is 2.30. The molecule has 2 atom stereocenters. The van der Waals surface area contributed by atoms with Crippen molar-refractivity contribution in [1.29, 1.82) is 0 Å². The SMILES string of the molecule is CC[C@@H](Cc1ccc(-c2cccc(S(=O)(=O)N(C)CC3CO3)c2)cc1)C(=O)O. The fourth-order valence-corrected chi connectivity index (χ4v) is 4.35. The van der Waals surface area contributed by atoms with Crippen LogP contribution in [0.25, 0.3) is 11.1 Å². The van der Waals surface area contributed by atoms with Gasteiger partial charge in [0.2, 0.25) is 10.0 Å². The van der Waals surface area contributed by atoms with Crippen LogP contribution < -0.4 is 0 Å². The average molecular weight is 404 g/mol. The molecule has 7 heteroatoms. The largest absolute Gasteiger partial charge is 0.481 e. The van der Waals surface area contributed by atoms with Crippen molar-refractivity contribution in [3.8, 4) is 11.1 Å². The van der Waals surface area contributed by atoms with Crippen molar-refractivity contribution in [1.82, 2.24) is 4.31 Å². The van der Waals surface area contributed by atoms with Gasteiger partial charge in [-0.15, -0.1) is 0 Å². The van der Waals surface area contributed by atoms with E-state index in [1.165, 1.54) is 4.31 Å². The highest BCUT2D eigenvalue weighted by atomic mass is 32.2. The van der Waals surface area contributed by atoms with Gasteiger partial charge < -0.3 is 9.84 Å². The molecule has 1 saturated heterocycles. The van der Waals surface area contributed by atoms with Gasteiger partial charge in [-0.25, -0.2) is 8.42 Å². The van der Waals surface area contributed by atoms with Crippen molar-refractivity contribution in [2.24, 2.45) is 5.92 Å². The first kappa shape index (κ1) is 20.5. The molecule has 3 rings (SSSR count). The number of rotatable bonds is 9. The Kier molecular flexibility index (Phi) is 6.17. The number of carboxylic acid groups (broad SMARTS) is 1. The molecule has 0 amide bonds. The molecule has 1 unspecified atom stereocenters. The maximum atomic E-state index is 12.8. The zero-order chi connectivity index (χ0) is 20.3. The molecule has 0 aromatic heterocycles. The van der Waals surface area contributed by atoms with Crippen molar-refractivity contribution >= 4 is 16.0 Å². The summed E-state index contributed by atoms with van der Waals surface area (Å²) in [6.45, 7) is 2.82. The van der Waals surface area contributed by atoms with E-state index >= 15 is 0 Å². The summed E-state index contributed by atoms with van der Waals surface area (Å²) in [6.07, 6.45) is 1.05. The first-order chi connectivity index (χ1) is 13.3. The van der Waals surface area contributed by atoms with Crippen LogP contribution in [0.4, 0.5) is 0 Å². The van der Waals surface area contributed by atoms with Gasteiger partial charge in [0.15, 0.2) is 0 Å². The lowest BCUT2D eigenvalue weighted by atomic mass is 9.95. The van der Waals surface area contributed by atoms with Crippen molar-refractivity contribution in [3.63, 3.8) is 0 Å². The van der Waals surface area contributed by atoms with E-state index in [4.69, 9.17) is 4.74 Å². The maximum Gasteiger partial charge on any atom is 0.306 e. The zero-order valence-corrected chi connectivity index (χ0v) is 16.9. The van der Waals surface area contributed by atoms with E-state index in [9.17, 15) is 18.3 Å². The summed E-state index contributed by atoms with van der Waals surface area (Å²) < 4.78 is 32.0. The number of likely N-dealkylation sites (N-methyl/N-ethyl adjacent to an activating group) is 1. The second-order valence-corrected chi connectivity index (χ2v) is 9.16. The molecular formula is C21H25NO5S. The van der Waals surface area contributed by atoms with Crippen LogP contribution in [-0.2, 0) is 26.0 Å². The lowest BCUT2D eigenvalue weighted by molar-refractivity contribution is -0.141. The predicted molar refractivity (Wildman–Crippen MR) is 107 cm³/mol. The third kappa shape index (κ3) is 4.79. The zero-order valence-electron chi connectivity index (χ0n) is 16.0. The fourth-order valence-electron chi connectivity index (χ4n) is 3.10. The molecule has 2 aromatic carbocycles. The molecule has 1 N–H and O–H groups in total. The van der Waals surface area contributed by atoms with Gasteiger partial charge in [0.1, 0.15) is 0 Å². The van der Waals surface area contributed by atoms with Crippen LogP contribution in [0.2, 0.25) is 0 Å². The summed E-state index contributed by atoms with van der Waals surface area (Å²) in [5.41, 5.74) is 2.64. The minimum Gasteiger partial charge on any atom is -0.481 e. The van der Waals surface area contributed by atoms with Crippen LogP contribution in [0.15, 0.2) is 53.4 Å². The molecule has 6 nitrogen and oxygen atoms in total. The number of sulfonamides is 1. The molecular weight excluding hydrogens is 378 g/mol. The van der Waals surface area contributed by atoms with E-state index in [1.54, 1.807) is 25.2 Å². The van der Waals surface area contributed by atoms with Crippen molar-refractivity contribution < 1.29 is 23.1 Å². The topological polar surface area (TPSA) is 87.2 Å². The van der Waals surface area contributed by atoms with Crippen LogP contribution in [0.5, 0.6) is 0 Å². The number of hydrogen-bond acceptors (Lipinski definition) is 4. The van der Waals surface area contributed by atoms with Gasteiger partial charge >= 0.3 is 5.97 Å². The van der Waals surface area contributed by atoms with Gasteiger partial charge in [0, 0.05) is 13.6 Å². The highest BCUT2D eigenvalue weighted by Crippen LogP contribution is 2.26. The molecule has 28 heavy (non-hydrogen) atoms. The molecule has 2 aromatic rings. The summed E-state index contributed by atoms with van der Waals surface area (Å²) >= 11 is 0.